The van der Waals surface area contributed by atoms with Crippen molar-refractivity contribution in [1.29, 1.82) is 0 Å². The molecule has 0 amide bonds. The highest BCUT2D eigenvalue weighted by Crippen LogP contribution is 2.25. The average molecular weight is 229 g/mol. The predicted octanol–water partition coefficient (Wildman–Crippen LogP) is 2.61. The molecule has 2 heteroatoms. The highest BCUT2D eigenvalue weighted by atomic mass is 16.5. The molecule has 0 radical (unpaired) electrons. The molecule has 2 aliphatic rings. The number of piperidine rings is 1. The van der Waals surface area contributed by atoms with Crippen LogP contribution in [-0.4, -0.2) is 30.1 Å². The van der Waals surface area contributed by atoms with Crippen LogP contribution in [0.25, 0.3) is 0 Å². The molecule has 2 atom stereocenters. The number of rotatable bonds is 3. The summed E-state index contributed by atoms with van der Waals surface area (Å²) in [6.45, 7) is 3.07. The van der Waals surface area contributed by atoms with Gasteiger partial charge in [0, 0.05) is 6.54 Å². The van der Waals surface area contributed by atoms with Crippen LogP contribution in [0, 0.1) is 0 Å². The third-order valence-electron chi connectivity index (χ3n) is 3.72. The SMILES string of the molecule is C1=C[C@@H]2[C@@H](OCc3ccccc3)CCCN2C1. The summed E-state index contributed by atoms with van der Waals surface area (Å²) in [5.74, 6) is 0. The molecule has 2 aliphatic heterocycles. The van der Waals surface area contributed by atoms with Gasteiger partial charge in [-0.2, -0.15) is 0 Å². The maximum absolute atomic E-state index is 6.09. The van der Waals surface area contributed by atoms with E-state index >= 15 is 0 Å². The number of fused-ring (bicyclic) bond motifs is 1. The standard InChI is InChI=1S/C15H19NO/c1-2-6-13(7-3-1)12-17-15-9-5-11-16-10-4-8-14(15)16/h1-4,6-8,14-15H,5,9-12H2/t14-,15+/m1/s1. The van der Waals surface area contributed by atoms with Crippen LogP contribution in [0.15, 0.2) is 42.5 Å². The molecule has 2 nitrogen and oxygen atoms in total. The molecule has 0 bridgehead atoms. The van der Waals surface area contributed by atoms with Gasteiger partial charge in [0.15, 0.2) is 0 Å². The molecule has 0 aliphatic carbocycles. The zero-order valence-corrected chi connectivity index (χ0v) is 10.1. The van der Waals surface area contributed by atoms with Crippen molar-refractivity contribution in [2.45, 2.75) is 31.6 Å². The fraction of sp³-hybridized carbons (Fsp3) is 0.467. The van der Waals surface area contributed by atoms with Gasteiger partial charge in [0.25, 0.3) is 0 Å². The molecule has 0 unspecified atom stereocenters. The van der Waals surface area contributed by atoms with E-state index in [4.69, 9.17) is 4.74 Å². The molecule has 0 spiro atoms. The van der Waals surface area contributed by atoms with Gasteiger partial charge in [-0.3, -0.25) is 4.90 Å². The van der Waals surface area contributed by atoms with E-state index in [2.05, 4.69) is 41.3 Å². The summed E-state index contributed by atoms with van der Waals surface area (Å²) >= 11 is 0. The van der Waals surface area contributed by atoms with Gasteiger partial charge in [-0.05, 0) is 24.9 Å². The van der Waals surface area contributed by atoms with Gasteiger partial charge < -0.3 is 4.74 Å². The van der Waals surface area contributed by atoms with E-state index in [-0.39, 0.29) is 0 Å². The highest BCUT2D eigenvalue weighted by Gasteiger charge is 2.31. The van der Waals surface area contributed by atoms with E-state index in [9.17, 15) is 0 Å². The van der Waals surface area contributed by atoms with E-state index in [1.807, 2.05) is 6.07 Å². The molecule has 1 aromatic rings. The summed E-state index contributed by atoms with van der Waals surface area (Å²) in [7, 11) is 0. The number of hydrogen-bond donors (Lipinski definition) is 0. The monoisotopic (exact) mass is 229 g/mol. The summed E-state index contributed by atoms with van der Waals surface area (Å²) in [4.78, 5) is 2.51. The minimum atomic E-state index is 0.378. The average Bonchev–Trinajstić information content (AvgIpc) is 2.86. The van der Waals surface area contributed by atoms with Crippen LogP contribution in [-0.2, 0) is 11.3 Å². The van der Waals surface area contributed by atoms with Crippen LogP contribution in [0.3, 0.4) is 0 Å². The van der Waals surface area contributed by atoms with Crippen molar-refractivity contribution in [3.63, 3.8) is 0 Å². The molecule has 17 heavy (non-hydrogen) atoms. The predicted molar refractivity (Wildman–Crippen MR) is 68.8 cm³/mol. The second kappa shape index (κ2) is 5.03. The third kappa shape index (κ3) is 2.43. The quantitative estimate of drug-likeness (QED) is 0.739. The number of nitrogens with zero attached hydrogens (tertiary/aromatic N) is 1. The fourth-order valence-electron chi connectivity index (χ4n) is 2.80. The lowest BCUT2D eigenvalue weighted by molar-refractivity contribution is -0.0274. The Labute approximate surface area is 103 Å². The van der Waals surface area contributed by atoms with Crippen molar-refractivity contribution in [3.05, 3.63) is 48.0 Å². The maximum Gasteiger partial charge on any atom is 0.0771 e. The van der Waals surface area contributed by atoms with Gasteiger partial charge >= 0.3 is 0 Å². The lowest BCUT2D eigenvalue weighted by Gasteiger charge is -2.36. The Morgan fingerprint density at radius 2 is 2.12 bits per heavy atom. The van der Waals surface area contributed by atoms with Crippen LogP contribution in [0.5, 0.6) is 0 Å². The molecular formula is C15H19NO. The van der Waals surface area contributed by atoms with Crippen molar-refractivity contribution in [2.75, 3.05) is 13.1 Å². The Morgan fingerprint density at radius 1 is 1.24 bits per heavy atom. The highest BCUT2D eigenvalue weighted by molar-refractivity contribution is 5.14. The van der Waals surface area contributed by atoms with Crippen LogP contribution >= 0.6 is 0 Å². The van der Waals surface area contributed by atoms with E-state index < -0.39 is 0 Å². The first-order valence-corrected chi connectivity index (χ1v) is 6.50. The molecule has 0 N–H and O–H groups in total. The van der Waals surface area contributed by atoms with Crippen molar-refractivity contribution >= 4 is 0 Å². The number of benzene rings is 1. The molecule has 3 rings (SSSR count). The summed E-state index contributed by atoms with van der Waals surface area (Å²) in [6.07, 6.45) is 7.42. The minimum Gasteiger partial charge on any atom is -0.372 e. The van der Waals surface area contributed by atoms with Gasteiger partial charge in [0.1, 0.15) is 0 Å². The Bertz CT molecular complexity index is 387. The van der Waals surface area contributed by atoms with Crippen LogP contribution < -0.4 is 0 Å². The van der Waals surface area contributed by atoms with Gasteiger partial charge in [0.05, 0.1) is 18.8 Å². The van der Waals surface area contributed by atoms with Gasteiger partial charge in [-0.1, -0.05) is 42.5 Å². The summed E-state index contributed by atoms with van der Waals surface area (Å²) < 4.78 is 6.09. The van der Waals surface area contributed by atoms with Gasteiger partial charge in [-0.25, -0.2) is 0 Å². The Balaban J connectivity index is 1.59. The summed E-state index contributed by atoms with van der Waals surface area (Å²) in [5, 5.41) is 0. The number of hydrogen-bond acceptors (Lipinski definition) is 2. The van der Waals surface area contributed by atoms with E-state index in [1.165, 1.54) is 24.9 Å². The van der Waals surface area contributed by atoms with E-state index in [1.54, 1.807) is 0 Å². The second-order valence-electron chi connectivity index (χ2n) is 4.89. The molecule has 1 fully saturated rings. The zero-order valence-electron chi connectivity index (χ0n) is 10.1. The largest absolute Gasteiger partial charge is 0.372 e. The summed E-state index contributed by atoms with van der Waals surface area (Å²) in [6, 6.07) is 11.0. The normalized spacial score (nSPS) is 28.2. The lowest BCUT2D eigenvalue weighted by atomic mass is 10.0. The topological polar surface area (TPSA) is 12.5 Å². The zero-order chi connectivity index (χ0) is 11.5. The molecular weight excluding hydrogens is 210 g/mol. The fourth-order valence-corrected chi connectivity index (χ4v) is 2.80. The Kier molecular flexibility index (Phi) is 3.25. The second-order valence-corrected chi connectivity index (χ2v) is 4.89. The van der Waals surface area contributed by atoms with Crippen LogP contribution in [0.1, 0.15) is 18.4 Å². The van der Waals surface area contributed by atoms with Crippen molar-refractivity contribution < 1.29 is 4.74 Å². The first-order valence-electron chi connectivity index (χ1n) is 6.50. The molecule has 1 aromatic carbocycles. The smallest absolute Gasteiger partial charge is 0.0771 e. The molecule has 0 aromatic heterocycles. The Morgan fingerprint density at radius 3 is 3.00 bits per heavy atom. The van der Waals surface area contributed by atoms with Crippen LogP contribution in [0.4, 0.5) is 0 Å². The van der Waals surface area contributed by atoms with Crippen molar-refractivity contribution in [3.8, 4) is 0 Å². The van der Waals surface area contributed by atoms with Crippen LogP contribution in [0.2, 0.25) is 0 Å². The lowest BCUT2D eigenvalue weighted by Crippen LogP contribution is -2.45. The van der Waals surface area contributed by atoms with Gasteiger partial charge in [-0.15, -0.1) is 0 Å². The minimum absolute atomic E-state index is 0.378. The van der Waals surface area contributed by atoms with Crippen molar-refractivity contribution in [1.82, 2.24) is 4.90 Å². The third-order valence-corrected chi connectivity index (χ3v) is 3.72. The molecule has 2 heterocycles. The first kappa shape index (κ1) is 11.0. The maximum atomic E-state index is 6.09. The van der Waals surface area contributed by atoms with E-state index in [0.717, 1.165) is 13.2 Å². The first-order chi connectivity index (χ1) is 8.43. The molecule has 90 valence electrons. The van der Waals surface area contributed by atoms with Gasteiger partial charge in [0.2, 0.25) is 0 Å². The summed E-state index contributed by atoms with van der Waals surface area (Å²) in [5.41, 5.74) is 1.27. The molecule has 1 saturated heterocycles. The number of ether oxygens (including phenoxy) is 1. The van der Waals surface area contributed by atoms with Crippen molar-refractivity contribution in [2.24, 2.45) is 0 Å². The molecule has 0 saturated carbocycles. The Hall–Kier alpha value is -1.12. The van der Waals surface area contributed by atoms with E-state index in [0.29, 0.717) is 12.1 Å².